The molecule has 76 valence electrons. The molecule has 0 aliphatic heterocycles. The van der Waals surface area contributed by atoms with Crippen LogP contribution in [0.4, 0.5) is 0 Å². The molecule has 2 N–H and O–H groups in total. The van der Waals surface area contributed by atoms with E-state index < -0.39 is 0 Å². The van der Waals surface area contributed by atoms with E-state index >= 15 is 0 Å². The second kappa shape index (κ2) is 6.84. The van der Waals surface area contributed by atoms with Crippen molar-refractivity contribution in [2.24, 2.45) is 11.7 Å². The number of unbranched alkanes of at least 4 members (excludes halogenated alkanes) is 1. The number of carbonyl (C=O) groups is 1. The van der Waals surface area contributed by atoms with E-state index in [1.165, 1.54) is 0 Å². The van der Waals surface area contributed by atoms with Crippen LogP contribution in [0.2, 0.25) is 0 Å². The van der Waals surface area contributed by atoms with E-state index in [2.05, 4.69) is 13.5 Å². The highest BCUT2D eigenvalue weighted by atomic mass is 16.1. The molecule has 0 fully saturated rings. The topological polar surface area (TPSA) is 43.1 Å². The minimum atomic E-state index is 0.195. The Morgan fingerprint density at radius 3 is 2.54 bits per heavy atom. The molecule has 0 amide bonds. The smallest absolute Gasteiger partial charge is 0.158 e. The van der Waals surface area contributed by atoms with E-state index in [-0.39, 0.29) is 5.78 Å². The molecule has 0 aliphatic carbocycles. The molecule has 0 spiro atoms. The minimum Gasteiger partial charge on any atom is -0.330 e. The lowest BCUT2D eigenvalue weighted by Crippen LogP contribution is -2.07. The third-order valence-corrected chi connectivity index (χ3v) is 2.16. The van der Waals surface area contributed by atoms with Gasteiger partial charge in [0.15, 0.2) is 5.78 Å². The average Bonchev–Trinajstić information content (AvgIpc) is 2.04. The molecular weight excluding hydrogens is 162 g/mol. The van der Waals surface area contributed by atoms with Crippen LogP contribution in [0.25, 0.3) is 0 Å². The molecule has 0 aromatic carbocycles. The number of hydrogen-bond acceptors (Lipinski definition) is 2. The Balaban J connectivity index is 3.55. The van der Waals surface area contributed by atoms with E-state index in [9.17, 15) is 4.79 Å². The van der Waals surface area contributed by atoms with Crippen LogP contribution in [-0.2, 0) is 4.79 Å². The second-order valence-corrected chi connectivity index (χ2v) is 3.80. The zero-order valence-electron chi connectivity index (χ0n) is 8.81. The van der Waals surface area contributed by atoms with Crippen LogP contribution < -0.4 is 5.73 Å². The van der Waals surface area contributed by atoms with Gasteiger partial charge in [-0.25, -0.2) is 0 Å². The van der Waals surface area contributed by atoms with Crippen molar-refractivity contribution >= 4 is 5.78 Å². The molecule has 0 radical (unpaired) electrons. The van der Waals surface area contributed by atoms with Gasteiger partial charge < -0.3 is 5.73 Å². The van der Waals surface area contributed by atoms with Crippen molar-refractivity contribution in [1.29, 1.82) is 0 Å². The summed E-state index contributed by atoms with van der Waals surface area (Å²) in [7, 11) is 0. The van der Waals surface area contributed by atoms with E-state index in [4.69, 9.17) is 5.73 Å². The average molecular weight is 183 g/mol. The van der Waals surface area contributed by atoms with Gasteiger partial charge >= 0.3 is 0 Å². The van der Waals surface area contributed by atoms with Crippen molar-refractivity contribution in [1.82, 2.24) is 0 Å². The number of carbonyl (C=O) groups excluding carboxylic acids is 1. The normalized spacial score (nSPS) is 12.5. The van der Waals surface area contributed by atoms with Gasteiger partial charge in [-0.15, -0.1) is 0 Å². The zero-order chi connectivity index (χ0) is 10.3. The van der Waals surface area contributed by atoms with Crippen LogP contribution in [0.3, 0.4) is 0 Å². The molecule has 2 heteroatoms. The summed E-state index contributed by atoms with van der Waals surface area (Å²) < 4.78 is 0. The third kappa shape index (κ3) is 6.52. The van der Waals surface area contributed by atoms with Gasteiger partial charge in [-0.1, -0.05) is 26.3 Å². The first-order chi connectivity index (χ1) is 6.07. The van der Waals surface area contributed by atoms with Gasteiger partial charge in [0.05, 0.1) is 0 Å². The maximum Gasteiger partial charge on any atom is 0.158 e. The summed E-state index contributed by atoms with van der Waals surface area (Å²) in [6, 6.07) is 0. The molecule has 2 nitrogen and oxygen atoms in total. The summed E-state index contributed by atoms with van der Waals surface area (Å²) in [6.45, 7) is 8.27. The quantitative estimate of drug-likeness (QED) is 0.486. The maximum atomic E-state index is 11.3. The lowest BCUT2D eigenvalue weighted by molar-refractivity contribution is -0.116. The van der Waals surface area contributed by atoms with E-state index in [0.717, 1.165) is 25.8 Å². The fourth-order valence-electron chi connectivity index (χ4n) is 1.23. The first-order valence-corrected chi connectivity index (χ1v) is 4.96. The number of allylic oxidation sites excluding steroid dienone is 1. The largest absolute Gasteiger partial charge is 0.330 e. The summed E-state index contributed by atoms with van der Waals surface area (Å²) in [5.41, 5.74) is 6.06. The first kappa shape index (κ1) is 12.4. The summed E-state index contributed by atoms with van der Waals surface area (Å²) in [5.74, 6) is 0.663. The van der Waals surface area contributed by atoms with Gasteiger partial charge in [0.25, 0.3) is 0 Å². The van der Waals surface area contributed by atoms with Crippen LogP contribution in [0, 0.1) is 5.92 Å². The van der Waals surface area contributed by atoms with E-state index in [1.54, 1.807) is 6.92 Å². The monoisotopic (exact) mass is 183 g/mol. The summed E-state index contributed by atoms with van der Waals surface area (Å²) in [5, 5.41) is 0. The van der Waals surface area contributed by atoms with Crippen LogP contribution in [0.5, 0.6) is 0 Å². The molecule has 0 bridgehead atoms. The highest BCUT2D eigenvalue weighted by Crippen LogP contribution is 2.13. The lowest BCUT2D eigenvalue weighted by Gasteiger charge is -2.09. The second-order valence-electron chi connectivity index (χ2n) is 3.80. The number of Topliss-reactive ketones (excluding diaryl/α,β-unsaturated/α-hetero) is 1. The van der Waals surface area contributed by atoms with Gasteiger partial charge in [0.1, 0.15) is 0 Å². The standard InChI is InChI=1S/C11H21NO/c1-9(2)11(13)8-10(3)6-4-5-7-12/h10H,1,4-8,12H2,2-3H3. The van der Waals surface area contributed by atoms with Crippen molar-refractivity contribution in [2.75, 3.05) is 6.54 Å². The molecule has 0 saturated heterocycles. The fourth-order valence-corrected chi connectivity index (χ4v) is 1.23. The molecular formula is C11H21NO. The van der Waals surface area contributed by atoms with Crippen LogP contribution in [0.15, 0.2) is 12.2 Å². The molecule has 0 aromatic rings. The van der Waals surface area contributed by atoms with Gasteiger partial charge in [0, 0.05) is 6.42 Å². The SMILES string of the molecule is C=C(C)C(=O)CC(C)CCCCN. The molecule has 0 saturated carbocycles. The molecule has 13 heavy (non-hydrogen) atoms. The number of hydrogen-bond donors (Lipinski definition) is 1. The number of nitrogens with two attached hydrogens (primary N) is 1. The zero-order valence-corrected chi connectivity index (χ0v) is 8.81. The van der Waals surface area contributed by atoms with Crippen molar-refractivity contribution < 1.29 is 4.79 Å². The van der Waals surface area contributed by atoms with Crippen molar-refractivity contribution in [2.45, 2.75) is 39.5 Å². The maximum absolute atomic E-state index is 11.3. The first-order valence-electron chi connectivity index (χ1n) is 4.96. The molecule has 1 unspecified atom stereocenters. The van der Waals surface area contributed by atoms with Crippen LogP contribution in [0.1, 0.15) is 39.5 Å². The summed E-state index contributed by atoms with van der Waals surface area (Å²) >= 11 is 0. The minimum absolute atomic E-state index is 0.195. The van der Waals surface area contributed by atoms with Crippen molar-refractivity contribution in [3.05, 3.63) is 12.2 Å². The summed E-state index contributed by atoms with van der Waals surface area (Å²) in [6.07, 6.45) is 3.92. The lowest BCUT2D eigenvalue weighted by atomic mass is 9.96. The highest BCUT2D eigenvalue weighted by Gasteiger charge is 2.08. The molecule has 0 aliphatic rings. The Kier molecular flexibility index (Phi) is 6.51. The highest BCUT2D eigenvalue weighted by molar-refractivity contribution is 5.94. The van der Waals surface area contributed by atoms with Crippen LogP contribution in [-0.4, -0.2) is 12.3 Å². The van der Waals surface area contributed by atoms with E-state index in [1.807, 2.05) is 0 Å². The Morgan fingerprint density at radius 2 is 2.08 bits per heavy atom. The Hall–Kier alpha value is -0.630. The predicted molar refractivity (Wildman–Crippen MR) is 56.5 cm³/mol. The number of rotatable bonds is 7. The molecule has 0 heterocycles. The molecule has 0 aromatic heterocycles. The molecule has 1 atom stereocenters. The van der Waals surface area contributed by atoms with E-state index in [0.29, 0.717) is 17.9 Å². The third-order valence-electron chi connectivity index (χ3n) is 2.16. The molecule has 0 rings (SSSR count). The Morgan fingerprint density at radius 1 is 1.46 bits per heavy atom. The van der Waals surface area contributed by atoms with Crippen molar-refractivity contribution in [3.8, 4) is 0 Å². The van der Waals surface area contributed by atoms with Gasteiger partial charge in [-0.2, -0.15) is 0 Å². The Labute approximate surface area is 81.2 Å². The fraction of sp³-hybridized carbons (Fsp3) is 0.727. The van der Waals surface area contributed by atoms with Gasteiger partial charge in [0.2, 0.25) is 0 Å². The predicted octanol–water partition coefficient (Wildman–Crippen LogP) is 2.29. The van der Waals surface area contributed by atoms with Crippen molar-refractivity contribution in [3.63, 3.8) is 0 Å². The van der Waals surface area contributed by atoms with Gasteiger partial charge in [-0.3, -0.25) is 4.79 Å². The number of ketones is 1. The summed E-state index contributed by atoms with van der Waals surface area (Å²) in [4.78, 5) is 11.3. The van der Waals surface area contributed by atoms with Crippen LogP contribution >= 0.6 is 0 Å². The van der Waals surface area contributed by atoms with Gasteiger partial charge in [-0.05, 0) is 31.4 Å². The Bertz CT molecular complexity index is 175.